The Morgan fingerprint density at radius 3 is 1.67 bits per heavy atom. The maximum absolute atomic E-state index is 6.18. The molecule has 0 amide bonds. The number of rotatable bonds is 6. The maximum atomic E-state index is 6.18. The minimum atomic E-state index is 0.945. The predicted octanol–water partition coefficient (Wildman–Crippen LogP) is 11.2. The van der Waals surface area contributed by atoms with Gasteiger partial charge in [-0.2, -0.15) is 0 Å². The number of pyridine rings is 1. The van der Waals surface area contributed by atoms with E-state index < -0.39 is 0 Å². The highest BCUT2D eigenvalue weighted by atomic mass is 16.3. The van der Waals surface area contributed by atoms with Crippen LogP contribution in [0.15, 0.2) is 168 Å². The molecule has 0 aliphatic heterocycles. The standard InChI is InChI=1S/C47H33NO/c1-4-13-32(14-5-1)40-25-23-37(39-30-44(33-15-6-2-7-16-33)48-45(31-39)34-17-8-3-9-18-34)28-42(40)38-20-12-19-35(27-38)36-24-26-47-43(29-36)41-21-10-11-22-46(41)49-47/h1-9,12-31H,10-11H2. The molecule has 9 rings (SSSR count). The fourth-order valence-electron chi connectivity index (χ4n) is 7.03. The second kappa shape index (κ2) is 12.4. The summed E-state index contributed by atoms with van der Waals surface area (Å²) in [5.74, 6) is 0. The summed E-state index contributed by atoms with van der Waals surface area (Å²) < 4.78 is 6.18. The first-order chi connectivity index (χ1) is 24.3. The van der Waals surface area contributed by atoms with Crippen molar-refractivity contribution in [3.8, 4) is 67.0 Å². The van der Waals surface area contributed by atoms with Crippen LogP contribution in [0, 0.1) is 0 Å². The first-order valence-corrected chi connectivity index (χ1v) is 16.9. The highest BCUT2D eigenvalue weighted by Gasteiger charge is 2.15. The van der Waals surface area contributed by atoms with Crippen molar-refractivity contribution in [2.75, 3.05) is 0 Å². The smallest absolute Gasteiger partial charge is 0.135 e. The zero-order chi connectivity index (χ0) is 32.6. The molecule has 0 spiro atoms. The van der Waals surface area contributed by atoms with Crippen molar-refractivity contribution in [1.29, 1.82) is 0 Å². The van der Waals surface area contributed by atoms with Gasteiger partial charge in [0.2, 0.25) is 0 Å². The summed E-state index contributed by atoms with van der Waals surface area (Å²) in [4.78, 5) is 5.12. The number of nitrogens with zero attached hydrogens (tertiary/aromatic N) is 1. The molecule has 0 radical (unpaired) electrons. The Balaban J connectivity index is 1.21. The fourth-order valence-corrected chi connectivity index (χ4v) is 7.03. The summed E-state index contributed by atoms with van der Waals surface area (Å²) in [6.45, 7) is 0. The van der Waals surface area contributed by atoms with E-state index in [0.717, 1.165) is 57.5 Å². The monoisotopic (exact) mass is 627 g/mol. The van der Waals surface area contributed by atoms with E-state index in [2.05, 4.69) is 164 Å². The van der Waals surface area contributed by atoms with Gasteiger partial charge in [0.1, 0.15) is 11.0 Å². The van der Waals surface area contributed by atoms with Gasteiger partial charge in [-0.15, -0.1) is 0 Å². The molecule has 49 heavy (non-hydrogen) atoms. The second-order valence-corrected chi connectivity index (χ2v) is 12.6. The van der Waals surface area contributed by atoms with Crippen LogP contribution in [0.3, 0.4) is 0 Å². The van der Waals surface area contributed by atoms with Crippen molar-refractivity contribution in [2.45, 2.75) is 12.8 Å². The van der Waals surface area contributed by atoms with Crippen LogP contribution in [0.2, 0.25) is 0 Å². The summed E-state index contributed by atoms with van der Waals surface area (Å²) in [6, 6.07) is 58.4. The van der Waals surface area contributed by atoms with E-state index in [4.69, 9.17) is 9.40 Å². The van der Waals surface area contributed by atoms with Gasteiger partial charge in [0.05, 0.1) is 11.4 Å². The summed E-state index contributed by atoms with van der Waals surface area (Å²) in [7, 11) is 0. The summed E-state index contributed by atoms with van der Waals surface area (Å²) in [5.41, 5.74) is 15.5. The molecule has 6 aromatic carbocycles. The summed E-state index contributed by atoms with van der Waals surface area (Å²) >= 11 is 0. The lowest BCUT2D eigenvalue weighted by atomic mass is 9.89. The average Bonchev–Trinajstić information content (AvgIpc) is 3.57. The average molecular weight is 628 g/mol. The normalized spacial score (nSPS) is 12.2. The molecular weight excluding hydrogens is 595 g/mol. The molecule has 0 saturated carbocycles. The number of hydrogen-bond donors (Lipinski definition) is 0. The van der Waals surface area contributed by atoms with Crippen molar-refractivity contribution in [3.05, 3.63) is 174 Å². The molecule has 2 nitrogen and oxygen atoms in total. The fraction of sp³-hybridized carbons (Fsp3) is 0.0426. The van der Waals surface area contributed by atoms with Crippen molar-refractivity contribution in [1.82, 2.24) is 4.98 Å². The minimum absolute atomic E-state index is 0.945. The molecule has 0 bridgehead atoms. The lowest BCUT2D eigenvalue weighted by Gasteiger charge is -2.16. The van der Waals surface area contributed by atoms with Crippen LogP contribution in [0.1, 0.15) is 12.8 Å². The molecule has 0 unspecified atom stereocenters. The Hall–Kier alpha value is -6.25. The van der Waals surface area contributed by atoms with Gasteiger partial charge in [-0.1, -0.05) is 133 Å². The number of hydrogen-bond acceptors (Lipinski definition) is 2. The van der Waals surface area contributed by atoms with Crippen LogP contribution in [0.5, 0.6) is 0 Å². The predicted molar refractivity (Wildman–Crippen MR) is 204 cm³/mol. The van der Waals surface area contributed by atoms with Crippen LogP contribution in [-0.2, 0) is 0 Å². The minimum Gasteiger partial charge on any atom is -0.456 e. The van der Waals surface area contributed by atoms with Crippen LogP contribution in [0.4, 0.5) is 0 Å². The molecule has 0 saturated heterocycles. The highest BCUT2D eigenvalue weighted by molar-refractivity contribution is 5.91. The van der Waals surface area contributed by atoms with E-state index in [0.29, 0.717) is 0 Å². The largest absolute Gasteiger partial charge is 0.456 e. The Labute approximate surface area is 286 Å². The van der Waals surface area contributed by atoms with Crippen molar-refractivity contribution in [3.63, 3.8) is 0 Å². The lowest BCUT2D eigenvalue weighted by Crippen LogP contribution is -2.22. The summed E-state index contributed by atoms with van der Waals surface area (Å²) in [5, 5.41) is 2.40. The molecule has 8 aromatic rings. The van der Waals surface area contributed by atoms with Gasteiger partial charge in [-0.25, -0.2) is 4.98 Å². The third-order valence-corrected chi connectivity index (χ3v) is 9.51. The van der Waals surface area contributed by atoms with E-state index in [1.165, 1.54) is 44.0 Å². The van der Waals surface area contributed by atoms with E-state index in [1.807, 2.05) is 12.1 Å². The zero-order valence-electron chi connectivity index (χ0n) is 27.0. The zero-order valence-corrected chi connectivity index (χ0v) is 27.0. The quantitative estimate of drug-likeness (QED) is 0.183. The first-order valence-electron chi connectivity index (χ1n) is 16.9. The lowest BCUT2D eigenvalue weighted by molar-refractivity contribution is 0.572. The number of fused-ring (bicyclic) bond motifs is 3. The van der Waals surface area contributed by atoms with Crippen LogP contribution in [-0.4, -0.2) is 4.98 Å². The van der Waals surface area contributed by atoms with Crippen molar-refractivity contribution >= 4 is 23.1 Å². The van der Waals surface area contributed by atoms with Gasteiger partial charge >= 0.3 is 0 Å². The van der Waals surface area contributed by atoms with Crippen molar-refractivity contribution in [2.24, 2.45) is 0 Å². The number of aromatic nitrogens is 1. The molecule has 0 N–H and O–H groups in total. The van der Waals surface area contributed by atoms with Crippen LogP contribution in [0.25, 0.3) is 90.1 Å². The number of furan rings is 1. The molecule has 1 aliphatic carbocycles. The highest BCUT2D eigenvalue weighted by Crippen LogP contribution is 2.39. The molecule has 2 aromatic heterocycles. The molecule has 2 heterocycles. The van der Waals surface area contributed by atoms with Crippen molar-refractivity contribution < 1.29 is 4.42 Å². The van der Waals surface area contributed by atoms with Gasteiger partial charge in [-0.3, -0.25) is 0 Å². The maximum Gasteiger partial charge on any atom is 0.135 e. The van der Waals surface area contributed by atoms with Gasteiger partial charge in [0.25, 0.3) is 0 Å². The third-order valence-electron chi connectivity index (χ3n) is 9.51. The first kappa shape index (κ1) is 28.9. The number of benzene rings is 6. The van der Waals surface area contributed by atoms with E-state index in [-0.39, 0.29) is 0 Å². The Morgan fingerprint density at radius 2 is 0.959 bits per heavy atom. The molecule has 1 aliphatic rings. The van der Waals surface area contributed by atoms with E-state index in [9.17, 15) is 0 Å². The molecule has 0 atom stereocenters. The Morgan fingerprint density at radius 1 is 0.388 bits per heavy atom. The van der Waals surface area contributed by atoms with Crippen LogP contribution >= 0.6 is 0 Å². The van der Waals surface area contributed by atoms with E-state index >= 15 is 0 Å². The van der Waals surface area contributed by atoms with Gasteiger partial charge in [0, 0.05) is 21.7 Å². The second-order valence-electron chi connectivity index (χ2n) is 12.6. The third kappa shape index (κ3) is 5.58. The topological polar surface area (TPSA) is 26.0 Å². The molecule has 2 heteroatoms. The molecule has 0 fully saturated rings. The Kier molecular flexibility index (Phi) is 7.33. The SMILES string of the molecule is C1=c2oc3ccc(-c4cccc(-c5cc(-c6cc(-c7ccccc7)nc(-c7ccccc7)c6)ccc5-c5ccccc5)c4)cc3c2=CCC1. The van der Waals surface area contributed by atoms with Gasteiger partial charge < -0.3 is 4.42 Å². The van der Waals surface area contributed by atoms with Gasteiger partial charge in [0.15, 0.2) is 0 Å². The molecule has 232 valence electrons. The Bertz CT molecular complexity index is 2520. The summed E-state index contributed by atoms with van der Waals surface area (Å²) in [6.07, 6.45) is 6.61. The van der Waals surface area contributed by atoms with Crippen LogP contribution < -0.4 is 10.6 Å². The van der Waals surface area contributed by atoms with Gasteiger partial charge in [-0.05, 0) is 99.8 Å². The van der Waals surface area contributed by atoms with E-state index in [1.54, 1.807) is 0 Å². The molecular formula is C47H33NO.